The van der Waals surface area contributed by atoms with Gasteiger partial charge in [-0.3, -0.25) is 4.79 Å². The van der Waals surface area contributed by atoms with E-state index in [4.69, 9.17) is 4.74 Å². The number of carbonyl (C=O) groups excluding carboxylic acids is 1. The van der Waals surface area contributed by atoms with Crippen LogP contribution in [-0.4, -0.2) is 42.1 Å². The Morgan fingerprint density at radius 2 is 2.15 bits per heavy atom. The minimum Gasteiger partial charge on any atom is -0.479 e. The van der Waals surface area contributed by atoms with E-state index in [0.717, 1.165) is 11.1 Å². The van der Waals surface area contributed by atoms with Crippen LogP contribution in [0, 0.1) is 0 Å². The van der Waals surface area contributed by atoms with E-state index < -0.39 is 12.0 Å². The van der Waals surface area contributed by atoms with Gasteiger partial charge in [-0.25, -0.2) is 4.79 Å². The molecule has 0 fully saturated rings. The number of carboxylic acids is 1. The zero-order valence-corrected chi connectivity index (χ0v) is 11.5. The number of carbonyl (C=O) groups is 2. The van der Waals surface area contributed by atoms with Gasteiger partial charge in [0.25, 0.3) is 0 Å². The van der Waals surface area contributed by atoms with Crippen LogP contribution in [0.15, 0.2) is 24.3 Å². The molecule has 0 radical (unpaired) electrons. The van der Waals surface area contributed by atoms with Gasteiger partial charge in [-0.2, -0.15) is 0 Å². The average molecular weight is 277 g/mol. The molecular weight excluding hydrogens is 258 g/mol. The molecule has 2 rings (SSSR count). The summed E-state index contributed by atoms with van der Waals surface area (Å²) in [5.41, 5.74) is 1.74. The lowest BCUT2D eigenvalue weighted by atomic mass is 9.92. The Labute approximate surface area is 118 Å². The molecule has 5 heteroatoms. The summed E-state index contributed by atoms with van der Waals surface area (Å²) >= 11 is 0. The molecular formula is C15H19NO4. The van der Waals surface area contributed by atoms with Crippen molar-refractivity contribution in [2.24, 2.45) is 0 Å². The first kappa shape index (κ1) is 14.5. The van der Waals surface area contributed by atoms with Gasteiger partial charge in [0.05, 0.1) is 0 Å². The van der Waals surface area contributed by atoms with Crippen molar-refractivity contribution in [3.8, 4) is 0 Å². The second kappa shape index (κ2) is 6.52. The minimum absolute atomic E-state index is 0.121. The molecule has 0 saturated carbocycles. The van der Waals surface area contributed by atoms with Crippen LogP contribution < -0.4 is 0 Å². The van der Waals surface area contributed by atoms with E-state index >= 15 is 0 Å². The summed E-state index contributed by atoms with van der Waals surface area (Å²) in [7, 11) is 1.58. The van der Waals surface area contributed by atoms with Crippen LogP contribution in [0.4, 0.5) is 0 Å². The Morgan fingerprint density at radius 1 is 1.40 bits per heavy atom. The summed E-state index contributed by atoms with van der Waals surface area (Å²) in [6.07, 6.45) is 1.63. The van der Waals surface area contributed by atoms with Crippen molar-refractivity contribution in [2.45, 2.75) is 25.3 Å². The maximum absolute atomic E-state index is 12.2. The first-order chi connectivity index (χ1) is 9.65. The highest BCUT2D eigenvalue weighted by Crippen LogP contribution is 2.30. The number of fused-ring (bicyclic) bond motifs is 1. The number of carboxylic acid groups (broad SMARTS) is 1. The molecule has 1 heterocycles. The SMILES string of the molecule is COCCCC(=O)N1CCc2ccccc2C1C(=O)O. The molecule has 1 unspecified atom stereocenters. The molecule has 108 valence electrons. The number of methoxy groups -OCH3 is 1. The van der Waals surface area contributed by atoms with Crippen molar-refractivity contribution >= 4 is 11.9 Å². The van der Waals surface area contributed by atoms with Gasteiger partial charge >= 0.3 is 5.97 Å². The fourth-order valence-electron chi connectivity index (χ4n) is 2.61. The van der Waals surface area contributed by atoms with E-state index in [9.17, 15) is 14.7 Å². The Hall–Kier alpha value is -1.88. The van der Waals surface area contributed by atoms with Gasteiger partial charge in [0.15, 0.2) is 6.04 Å². The van der Waals surface area contributed by atoms with Crippen molar-refractivity contribution in [1.29, 1.82) is 0 Å². The van der Waals surface area contributed by atoms with Crippen LogP contribution in [-0.2, 0) is 20.7 Å². The van der Waals surface area contributed by atoms with Crippen LogP contribution in [0.5, 0.6) is 0 Å². The Kier molecular flexibility index (Phi) is 4.74. The van der Waals surface area contributed by atoms with Crippen LogP contribution in [0.1, 0.15) is 30.0 Å². The standard InChI is InChI=1S/C15H19NO4/c1-20-10-4-7-13(17)16-9-8-11-5-2-3-6-12(11)14(16)15(18)19/h2-3,5-6,14H,4,7-10H2,1H3,(H,18,19). The number of nitrogens with zero attached hydrogens (tertiary/aromatic N) is 1. The quantitative estimate of drug-likeness (QED) is 0.831. The van der Waals surface area contributed by atoms with E-state index in [2.05, 4.69) is 0 Å². The van der Waals surface area contributed by atoms with Crippen LogP contribution >= 0.6 is 0 Å². The largest absolute Gasteiger partial charge is 0.479 e. The van der Waals surface area contributed by atoms with Gasteiger partial charge in [0, 0.05) is 26.7 Å². The minimum atomic E-state index is -0.975. The summed E-state index contributed by atoms with van der Waals surface area (Å²) in [6, 6.07) is 6.57. The molecule has 0 bridgehead atoms. The van der Waals surface area contributed by atoms with E-state index in [1.807, 2.05) is 18.2 Å². The van der Waals surface area contributed by atoms with Gasteiger partial charge in [0.2, 0.25) is 5.91 Å². The van der Waals surface area contributed by atoms with E-state index in [0.29, 0.717) is 32.4 Å². The van der Waals surface area contributed by atoms with Gasteiger partial charge in [-0.05, 0) is 24.0 Å². The second-order valence-electron chi connectivity index (χ2n) is 4.87. The van der Waals surface area contributed by atoms with Crippen molar-refractivity contribution in [3.63, 3.8) is 0 Å². The average Bonchev–Trinajstić information content (AvgIpc) is 2.45. The number of benzene rings is 1. The monoisotopic (exact) mass is 277 g/mol. The fourth-order valence-corrected chi connectivity index (χ4v) is 2.61. The van der Waals surface area contributed by atoms with Crippen molar-refractivity contribution < 1.29 is 19.4 Å². The van der Waals surface area contributed by atoms with Crippen LogP contribution in [0.25, 0.3) is 0 Å². The summed E-state index contributed by atoms with van der Waals surface area (Å²) in [5, 5.41) is 9.46. The van der Waals surface area contributed by atoms with Crippen LogP contribution in [0.2, 0.25) is 0 Å². The predicted octanol–water partition coefficient (Wildman–Crippen LogP) is 1.62. The molecule has 5 nitrogen and oxygen atoms in total. The third-order valence-electron chi connectivity index (χ3n) is 3.58. The number of hydrogen-bond acceptors (Lipinski definition) is 3. The molecule has 1 atom stereocenters. The molecule has 1 aliphatic heterocycles. The lowest BCUT2D eigenvalue weighted by molar-refractivity contribution is -0.151. The number of aliphatic carboxylic acids is 1. The van der Waals surface area contributed by atoms with E-state index in [-0.39, 0.29) is 5.91 Å². The summed E-state index contributed by atoms with van der Waals surface area (Å²) in [4.78, 5) is 25.2. The van der Waals surface area contributed by atoms with Crippen molar-refractivity contribution in [2.75, 3.05) is 20.3 Å². The van der Waals surface area contributed by atoms with E-state index in [1.165, 1.54) is 4.90 Å². The van der Waals surface area contributed by atoms with Crippen LogP contribution in [0.3, 0.4) is 0 Å². The third-order valence-corrected chi connectivity index (χ3v) is 3.58. The third kappa shape index (κ3) is 2.99. The molecule has 0 aliphatic carbocycles. The molecule has 0 saturated heterocycles. The number of amides is 1. The molecule has 1 amide bonds. The number of rotatable bonds is 5. The molecule has 1 aromatic carbocycles. The lowest BCUT2D eigenvalue weighted by Gasteiger charge is -2.34. The molecule has 20 heavy (non-hydrogen) atoms. The second-order valence-corrected chi connectivity index (χ2v) is 4.87. The predicted molar refractivity (Wildman–Crippen MR) is 73.3 cm³/mol. The maximum atomic E-state index is 12.2. The lowest BCUT2D eigenvalue weighted by Crippen LogP contribution is -2.43. The highest BCUT2D eigenvalue weighted by atomic mass is 16.5. The summed E-state index contributed by atoms with van der Waals surface area (Å²) in [6.45, 7) is 0.966. The number of ether oxygens (including phenoxy) is 1. The van der Waals surface area contributed by atoms with Gasteiger partial charge in [0.1, 0.15) is 0 Å². The van der Waals surface area contributed by atoms with Crippen molar-refractivity contribution in [1.82, 2.24) is 4.90 Å². The summed E-state index contributed by atoms with van der Waals surface area (Å²) < 4.78 is 4.92. The highest BCUT2D eigenvalue weighted by molar-refractivity contribution is 5.85. The Balaban J connectivity index is 2.18. The molecule has 0 aromatic heterocycles. The van der Waals surface area contributed by atoms with Crippen molar-refractivity contribution in [3.05, 3.63) is 35.4 Å². The van der Waals surface area contributed by atoms with E-state index in [1.54, 1.807) is 13.2 Å². The first-order valence-corrected chi connectivity index (χ1v) is 6.74. The van der Waals surface area contributed by atoms with Gasteiger partial charge in [-0.1, -0.05) is 24.3 Å². The van der Waals surface area contributed by atoms with Gasteiger partial charge in [-0.15, -0.1) is 0 Å². The topological polar surface area (TPSA) is 66.8 Å². The van der Waals surface area contributed by atoms with Gasteiger partial charge < -0.3 is 14.7 Å². The first-order valence-electron chi connectivity index (χ1n) is 6.74. The highest BCUT2D eigenvalue weighted by Gasteiger charge is 2.35. The maximum Gasteiger partial charge on any atom is 0.331 e. The summed E-state index contributed by atoms with van der Waals surface area (Å²) in [5.74, 6) is -1.10. The Morgan fingerprint density at radius 3 is 2.85 bits per heavy atom. The fraction of sp³-hybridized carbons (Fsp3) is 0.467. The molecule has 0 spiro atoms. The Bertz CT molecular complexity index is 500. The normalized spacial score (nSPS) is 17.6. The number of hydrogen-bond donors (Lipinski definition) is 1. The zero-order chi connectivity index (χ0) is 14.5. The molecule has 1 aliphatic rings. The molecule has 1 N–H and O–H groups in total. The molecule has 1 aromatic rings. The zero-order valence-electron chi connectivity index (χ0n) is 11.5. The smallest absolute Gasteiger partial charge is 0.331 e.